The largest absolute Gasteiger partial charge is 0.381 e. The third-order valence-electron chi connectivity index (χ3n) is 6.80. The van der Waals surface area contributed by atoms with Crippen molar-refractivity contribution in [2.75, 3.05) is 44.3 Å². The van der Waals surface area contributed by atoms with Crippen molar-refractivity contribution in [3.63, 3.8) is 0 Å². The first kappa shape index (κ1) is 17.0. The summed E-state index contributed by atoms with van der Waals surface area (Å²) >= 11 is 0. The maximum absolute atomic E-state index is 12.6. The quantitative estimate of drug-likeness (QED) is 0.810. The molecule has 4 aliphatic rings. The van der Waals surface area contributed by atoms with Gasteiger partial charge in [-0.25, -0.2) is 12.7 Å². The van der Waals surface area contributed by atoms with Gasteiger partial charge < -0.3 is 9.64 Å². The summed E-state index contributed by atoms with van der Waals surface area (Å²) in [5.74, 6) is 0.619. The fourth-order valence-corrected chi connectivity index (χ4v) is 6.95. The Bertz CT molecular complexity index is 776. The van der Waals surface area contributed by atoms with Crippen LogP contribution >= 0.6 is 0 Å². The molecule has 0 aromatic heterocycles. The number of hydrogen-bond acceptors (Lipinski definition) is 4. The third kappa shape index (κ3) is 2.77. The number of piperidine rings is 1. The Kier molecular flexibility index (Phi) is 4.07. The molecule has 26 heavy (non-hydrogen) atoms. The fraction of sp³-hybridized carbons (Fsp3) is 0.700. The number of sulfonamides is 1. The topological polar surface area (TPSA) is 49.9 Å². The van der Waals surface area contributed by atoms with Crippen LogP contribution in [0, 0.1) is 5.92 Å². The van der Waals surface area contributed by atoms with Gasteiger partial charge in [0.2, 0.25) is 10.0 Å². The Labute approximate surface area is 156 Å². The highest BCUT2D eigenvalue weighted by Crippen LogP contribution is 2.48. The zero-order valence-corrected chi connectivity index (χ0v) is 16.1. The Morgan fingerprint density at radius 2 is 1.88 bits per heavy atom. The van der Waals surface area contributed by atoms with Gasteiger partial charge in [0.15, 0.2) is 0 Å². The van der Waals surface area contributed by atoms with Gasteiger partial charge in [-0.3, -0.25) is 0 Å². The normalized spacial score (nSPS) is 28.6. The van der Waals surface area contributed by atoms with Crippen molar-refractivity contribution in [1.29, 1.82) is 0 Å². The van der Waals surface area contributed by atoms with Gasteiger partial charge in [0, 0.05) is 49.8 Å². The molecule has 3 aliphatic heterocycles. The first-order chi connectivity index (χ1) is 12.6. The molecule has 5 nitrogen and oxygen atoms in total. The van der Waals surface area contributed by atoms with Crippen LogP contribution in [-0.4, -0.2) is 57.4 Å². The van der Waals surface area contributed by atoms with Crippen molar-refractivity contribution in [2.45, 2.75) is 42.8 Å². The van der Waals surface area contributed by atoms with Gasteiger partial charge in [-0.05, 0) is 43.7 Å². The summed E-state index contributed by atoms with van der Waals surface area (Å²) in [6.07, 6.45) is 4.73. The van der Waals surface area contributed by atoms with Gasteiger partial charge in [-0.15, -0.1) is 0 Å². The molecule has 1 aromatic carbocycles. The van der Waals surface area contributed by atoms with Crippen molar-refractivity contribution in [3.05, 3.63) is 29.8 Å². The number of ether oxygens (including phenoxy) is 1. The van der Waals surface area contributed by atoms with Crippen molar-refractivity contribution in [2.24, 2.45) is 5.92 Å². The lowest BCUT2D eigenvalue weighted by atomic mass is 9.75. The number of fused-ring (bicyclic) bond motifs is 2. The van der Waals surface area contributed by atoms with E-state index in [4.69, 9.17) is 4.74 Å². The zero-order chi connectivity index (χ0) is 17.8. The van der Waals surface area contributed by atoms with Gasteiger partial charge in [-0.1, -0.05) is 18.2 Å². The molecular formula is C20H28N2O3S. The summed E-state index contributed by atoms with van der Waals surface area (Å²) in [7, 11) is -3.04. The lowest BCUT2D eigenvalue weighted by molar-refractivity contribution is 0.186. The summed E-state index contributed by atoms with van der Waals surface area (Å²) in [5.41, 5.74) is 2.91. The first-order valence-corrected chi connectivity index (χ1v) is 11.5. The van der Waals surface area contributed by atoms with Gasteiger partial charge >= 0.3 is 0 Å². The molecule has 1 atom stereocenters. The number of rotatable bonds is 4. The SMILES string of the molecule is O=S(=O)(C1CC1)N1CCC2(CC1)CN(CC1CCOC1)c1ccccc12. The lowest BCUT2D eigenvalue weighted by Gasteiger charge is -2.39. The van der Waals surface area contributed by atoms with Crippen molar-refractivity contribution in [3.8, 4) is 0 Å². The molecule has 5 rings (SSSR count). The summed E-state index contributed by atoms with van der Waals surface area (Å²) < 4.78 is 32.5. The molecule has 3 heterocycles. The van der Waals surface area contributed by atoms with Gasteiger partial charge in [0.25, 0.3) is 0 Å². The first-order valence-electron chi connectivity index (χ1n) is 10.00. The van der Waals surface area contributed by atoms with Crippen molar-refractivity contribution < 1.29 is 13.2 Å². The molecule has 1 aromatic rings. The number of anilines is 1. The van der Waals surface area contributed by atoms with Crippen molar-refractivity contribution >= 4 is 15.7 Å². The van der Waals surface area contributed by atoms with E-state index in [0.717, 1.165) is 58.4 Å². The van der Waals surface area contributed by atoms with Crippen LogP contribution in [0.5, 0.6) is 0 Å². The second-order valence-corrected chi connectivity index (χ2v) is 10.8. The molecule has 0 N–H and O–H groups in total. The molecule has 1 spiro atoms. The van der Waals surface area contributed by atoms with Gasteiger partial charge in [0.05, 0.1) is 11.9 Å². The highest BCUT2D eigenvalue weighted by molar-refractivity contribution is 7.90. The van der Waals surface area contributed by atoms with Crippen LogP contribution in [0.15, 0.2) is 24.3 Å². The monoisotopic (exact) mass is 376 g/mol. The molecule has 0 bridgehead atoms. The molecule has 142 valence electrons. The van der Waals surface area contributed by atoms with Crippen molar-refractivity contribution in [1.82, 2.24) is 4.31 Å². The highest BCUT2D eigenvalue weighted by Gasteiger charge is 2.48. The zero-order valence-electron chi connectivity index (χ0n) is 15.3. The molecule has 1 aliphatic carbocycles. The Hall–Kier alpha value is -1.11. The van der Waals surface area contributed by atoms with E-state index in [2.05, 4.69) is 29.2 Å². The van der Waals surface area contributed by atoms with Crippen LogP contribution < -0.4 is 4.90 Å². The number of para-hydroxylation sites is 1. The summed E-state index contributed by atoms with van der Waals surface area (Å²) in [5, 5.41) is -0.0914. The molecule has 0 amide bonds. The van der Waals surface area contributed by atoms with E-state index in [1.54, 1.807) is 4.31 Å². The van der Waals surface area contributed by atoms with Crippen LogP contribution in [0.4, 0.5) is 5.69 Å². The van der Waals surface area contributed by atoms with Crippen LogP contribution in [0.1, 0.15) is 37.7 Å². The molecule has 6 heteroatoms. The average Bonchev–Trinajstić information content (AvgIpc) is 3.34. The Morgan fingerprint density at radius 3 is 2.58 bits per heavy atom. The van der Waals surface area contributed by atoms with Crippen LogP contribution in [0.25, 0.3) is 0 Å². The summed E-state index contributed by atoms with van der Waals surface area (Å²) in [4.78, 5) is 2.54. The maximum atomic E-state index is 12.6. The minimum absolute atomic E-state index is 0.0914. The minimum atomic E-state index is -3.04. The smallest absolute Gasteiger partial charge is 0.216 e. The molecular weight excluding hydrogens is 348 g/mol. The number of hydrogen-bond donors (Lipinski definition) is 0. The van der Waals surface area contributed by atoms with E-state index in [1.165, 1.54) is 11.3 Å². The van der Waals surface area contributed by atoms with E-state index >= 15 is 0 Å². The van der Waals surface area contributed by atoms with Gasteiger partial charge in [0.1, 0.15) is 0 Å². The van der Waals surface area contributed by atoms with E-state index in [1.807, 2.05) is 0 Å². The predicted octanol–water partition coefficient (Wildman–Crippen LogP) is 2.37. The highest BCUT2D eigenvalue weighted by atomic mass is 32.2. The third-order valence-corrected chi connectivity index (χ3v) is 9.20. The van der Waals surface area contributed by atoms with E-state index in [-0.39, 0.29) is 10.7 Å². The van der Waals surface area contributed by atoms with E-state index in [9.17, 15) is 8.42 Å². The standard InChI is InChI=1S/C20H28N2O3S/c23-26(24,17-5-6-17)22-10-8-20(9-11-22)15-21(13-16-7-12-25-14-16)19-4-2-1-3-18(19)20/h1-4,16-17H,5-15H2. The van der Waals surface area contributed by atoms with E-state index in [0.29, 0.717) is 19.0 Å². The average molecular weight is 377 g/mol. The number of benzene rings is 1. The van der Waals surface area contributed by atoms with E-state index < -0.39 is 10.0 Å². The lowest BCUT2D eigenvalue weighted by Crippen LogP contribution is -2.48. The molecule has 0 radical (unpaired) electrons. The Balaban J connectivity index is 1.36. The predicted molar refractivity (Wildman–Crippen MR) is 102 cm³/mol. The summed E-state index contributed by atoms with van der Waals surface area (Å²) in [6, 6.07) is 8.78. The second-order valence-electron chi connectivity index (χ2n) is 8.55. The van der Waals surface area contributed by atoms with Crippen LogP contribution in [-0.2, 0) is 20.2 Å². The second kappa shape index (κ2) is 6.21. The van der Waals surface area contributed by atoms with Crippen LogP contribution in [0.2, 0.25) is 0 Å². The number of nitrogens with zero attached hydrogens (tertiary/aromatic N) is 2. The molecule has 3 fully saturated rings. The maximum Gasteiger partial charge on any atom is 0.216 e. The summed E-state index contributed by atoms with van der Waals surface area (Å²) in [6.45, 7) is 5.20. The fourth-order valence-electron chi connectivity index (χ4n) is 5.11. The Morgan fingerprint density at radius 1 is 1.12 bits per heavy atom. The minimum Gasteiger partial charge on any atom is -0.381 e. The molecule has 1 unspecified atom stereocenters. The van der Waals surface area contributed by atoms with Gasteiger partial charge in [-0.2, -0.15) is 0 Å². The molecule has 2 saturated heterocycles. The molecule has 1 saturated carbocycles. The van der Waals surface area contributed by atoms with Crippen LogP contribution in [0.3, 0.4) is 0 Å².